The highest BCUT2D eigenvalue weighted by Gasteiger charge is 2.21. The Morgan fingerprint density at radius 1 is 1.44 bits per heavy atom. The number of sulfonamides is 1. The smallest absolute Gasteiger partial charge is 0.241 e. The maximum absolute atomic E-state index is 12.2. The molecule has 0 aliphatic heterocycles. The largest absolute Gasteiger partial charge is 0.395 e. The molecule has 5 heteroatoms. The summed E-state index contributed by atoms with van der Waals surface area (Å²) in [4.78, 5) is 0.239. The van der Waals surface area contributed by atoms with E-state index in [0.717, 1.165) is 5.56 Å². The van der Waals surface area contributed by atoms with Gasteiger partial charge in [-0.25, -0.2) is 13.1 Å². The molecule has 0 radical (unpaired) electrons. The van der Waals surface area contributed by atoms with Crippen LogP contribution >= 0.6 is 0 Å². The van der Waals surface area contributed by atoms with Crippen LogP contribution in [0.5, 0.6) is 0 Å². The van der Waals surface area contributed by atoms with Crippen molar-refractivity contribution in [1.29, 1.82) is 0 Å². The van der Waals surface area contributed by atoms with Gasteiger partial charge < -0.3 is 5.11 Å². The van der Waals surface area contributed by atoms with Gasteiger partial charge in [-0.1, -0.05) is 25.1 Å². The van der Waals surface area contributed by atoms with E-state index in [1.54, 1.807) is 24.3 Å². The van der Waals surface area contributed by atoms with Gasteiger partial charge in [0.1, 0.15) is 0 Å². The molecule has 98 valence electrons. The third-order valence-electron chi connectivity index (χ3n) is 2.55. The van der Waals surface area contributed by atoms with E-state index in [4.69, 9.17) is 11.5 Å². The Morgan fingerprint density at radius 2 is 2.11 bits per heavy atom. The fourth-order valence-electron chi connectivity index (χ4n) is 1.63. The van der Waals surface area contributed by atoms with Crippen molar-refractivity contribution in [2.45, 2.75) is 30.7 Å². The lowest BCUT2D eigenvalue weighted by Gasteiger charge is -2.15. The van der Waals surface area contributed by atoms with E-state index in [-0.39, 0.29) is 17.9 Å². The van der Waals surface area contributed by atoms with Crippen LogP contribution in [0, 0.1) is 12.3 Å². The molecule has 1 aromatic carbocycles. The first kappa shape index (κ1) is 14.7. The van der Waals surface area contributed by atoms with Gasteiger partial charge in [-0.05, 0) is 18.1 Å². The van der Waals surface area contributed by atoms with Crippen LogP contribution in [0.15, 0.2) is 29.2 Å². The van der Waals surface area contributed by atoms with Gasteiger partial charge >= 0.3 is 0 Å². The molecule has 0 aliphatic rings. The highest BCUT2D eigenvalue weighted by molar-refractivity contribution is 7.89. The van der Waals surface area contributed by atoms with Crippen LogP contribution in [-0.2, 0) is 16.4 Å². The predicted octanol–water partition coefficient (Wildman–Crippen LogP) is 0.911. The lowest BCUT2D eigenvalue weighted by atomic mass is 10.2. The molecule has 0 fully saturated rings. The quantitative estimate of drug-likeness (QED) is 0.753. The first-order chi connectivity index (χ1) is 8.55. The van der Waals surface area contributed by atoms with Crippen molar-refractivity contribution in [3.05, 3.63) is 29.8 Å². The zero-order valence-corrected chi connectivity index (χ0v) is 11.1. The average Bonchev–Trinajstić information content (AvgIpc) is 2.38. The minimum Gasteiger partial charge on any atom is -0.395 e. The van der Waals surface area contributed by atoms with E-state index in [2.05, 4.69) is 10.6 Å². The van der Waals surface area contributed by atoms with Crippen molar-refractivity contribution in [2.24, 2.45) is 0 Å². The summed E-state index contributed by atoms with van der Waals surface area (Å²) in [5, 5.41) is 9.07. The average molecular weight is 267 g/mol. The molecule has 0 saturated carbocycles. The molecule has 4 nitrogen and oxygen atoms in total. The van der Waals surface area contributed by atoms with Crippen molar-refractivity contribution in [3.8, 4) is 12.3 Å². The minimum atomic E-state index is -3.64. The number of aliphatic hydroxyl groups excluding tert-OH is 1. The van der Waals surface area contributed by atoms with E-state index < -0.39 is 16.1 Å². The Kier molecular flexibility index (Phi) is 5.35. The number of terminal acetylenes is 1. The van der Waals surface area contributed by atoms with Crippen molar-refractivity contribution in [2.75, 3.05) is 6.61 Å². The molecule has 0 bridgehead atoms. The summed E-state index contributed by atoms with van der Waals surface area (Å²) in [5.74, 6) is 2.33. The molecule has 2 N–H and O–H groups in total. The maximum Gasteiger partial charge on any atom is 0.241 e. The molecule has 0 saturated heterocycles. The van der Waals surface area contributed by atoms with Gasteiger partial charge in [0, 0.05) is 6.42 Å². The second-order valence-corrected chi connectivity index (χ2v) is 5.55. The molecule has 1 rings (SSSR count). The molecule has 0 unspecified atom stereocenters. The first-order valence-corrected chi connectivity index (χ1v) is 7.18. The molecule has 0 heterocycles. The fraction of sp³-hybridized carbons (Fsp3) is 0.385. The van der Waals surface area contributed by atoms with Gasteiger partial charge in [0.25, 0.3) is 0 Å². The molecule has 0 amide bonds. The number of benzene rings is 1. The number of hydrogen-bond acceptors (Lipinski definition) is 3. The van der Waals surface area contributed by atoms with E-state index in [9.17, 15) is 8.42 Å². The summed E-state index contributed by atoms with van der Waals surface area (Å²) in [6.07, 6.45) is 5.90. The van der Waals surface area contributed by atoms with Crippen LogP contribution in [0.2, 0.25) is 0 Å². The van der Waals surface area contributed by atoms with Crippen LogP contribution in [0.25, 0.3) is 0 Å². The zero-order chi connectivity index (χ0) is 13.6. The molecule has 0 aromatic heterocycles. The van der Waals surface area contributed by atoms with Crippen LogP contribution in [0.1, 0.15) is 18.9 Å². The van der Waals surface area contributed by atoms with Crippen LogP contribution in [0.3, 0.4) is 0 Å². The monoisotopic (exact) mass is 267 g/mol. The van der Waals surface area contributed by atoms with Gasteiger partial charge in [0.05, 0.1) is 17.5 Å². The molecular formula is C13H17NO3S. The molecule has 0 aliphatic carbocycles. The van der Waals surface area contributed by atoms with E-state index >= 15 is 0 Å². The summed E-state index contributed by atoms with van der Waals surface area (Å²) in [7, 11) is -3.64. The van der Waals surface area contributed by atoms with Crippen LogP contribution in [-0.4, -0.2) is 26.2 Å². The second-order valence-electron chi connectivity index (χ2n) is 3.87. The second kappa shape index (κ2) is 6.55. The van der Waals surface area contributed by atoms with Crippen LogP contribution < -0.4 is 4.72 Å². The number of nitrogens with one attached hydrogen (secondary N) is 1. The van der Waals surface area contributed by atoms with Crippen LogP contribution in [0.4, 0.5) is 0 Å². The van der Waals surface area contributed by atoms with Gasteiger partial charge in [-0.15, -0.1) is 12.3 Å². The standard InChI is InChI=1S/C13H17NO3S/c1-3-7-12(10-15)14-18(16,17)13-9-6-5-8-11(13)4-2/h1,5-6,8-9,12,14-15H,4,7,10H2,2H3/t12-/m0/s1. The number of aliphatic hydroxyl groups is 1. The Balaban J connectivity index is 3.03. The summed E-state index contributed by atoms with van der Waals surface area (Å²) in [6.45, 7) is 1.57. The van der Waals surface area contributed by atoms with Gasteiger partial charge in [0.15, 0.2) is 0 Å². The van der Waals surface area contributed by atoms with Gasteiger partial charge in [-0.3, -0.25) is 0 Å². The SMILES string of the molecule is C#CC[C@@H](CO)NS(=O)(=O)c1ccccc1CC. The van der Waals surface area contributed by atoms with Gasteiger partial charge in [-0.2, -0.15) is 0 Å². The molecule has 1 aromatic rings. The van der Waals surface area contributed by atoms with Gasteiger partial charge in [0.2, 0.25) is 10.0 Å². The minimum absolute atomic E-state index is 0.157. The lowest BCUT2D eigenvalue weighted by molar-refractivity contribution is 0.258. The first-order valence-electron chi connectivity index (χ1n) is 5.69. The Hall–Kier alpha value is -1.35. The molecule has 18 heavy (non-hydrogen) atoms. The number of hydrogen-bond donors (Lipinski definition) is 2. The van der Waals surface area contributed by atoms with Crippen molar-refractivity contribution in [3.63, 3.8) is 0 Å². The normalized spacial score (nSPS) is 12.9. The maximum atomic E-state index is 12.2. The highest BCUT2D eigenvalue weighted by Crippen LogP contribution is 2.16. The predicted molar refractivity (Wildman–Crippen MR) is 70.5 cm³/mol. The van der Waals surface area contributed by atoms with Crippen molar-refractivity contribution < 1.29 is 13.5 Å². The van der Waals surface area contributed by atoms with E-state index in [1.165, 1.54) is 0 Å². The van der Waals surface area contributed by atoms with Crippen molar-refractivity contribution in [1.82, 2.24) is 4.72 Å². The molecule has 1 atom stereocenters. The van der Waals surface area contributed by atoms with Crippen molar-refractivity contribution >= 4 is 10.0 Å². The molecular weight excluding hydrogens is 250 g/mol. The number of aryl methyl sites for hydroxylation is 1. The number of rotatable bonds is 6. The fourth-order valence-corrected chi connectivity index (χ4v) is 3.17. The highest BCUT2D eigenvalue weighted by atomic mass is 32.2. The summed E-state index contributed by atoms with van der Waals surface area (Å²) >= 11 is 0. The Morgan fingerprint density at radius 3 is 2.67 bits per heavy atom. The lowest BCUT2D eigenvalue weighted by Crippen LogP contribution is -2.37. The van der Waals surface area contributed by atoms with E-state index in [1.807, 2.05) is 6.92 Å². The van der Waals surface area contributed by atoms with E-state index in [0.29, 0.717) is 6.42 Å². The summed E-state index contributed by atoms with van der Waals surface area (Å²) in [5.41, 5.74) is 0.738. The third kappa shape index (κ3) is 3.57. The Labute approximate surface area is 108 Å². The molecule has 0 spiro atoms. The Bertz CT molecular complexity index is 531. The summed E-state index contributed by atoms with van der Waals surface area (Å²) in [6, 6.07) is 6.13. The topological polar surface area (TPSA) is 66.4 Å². The summed E-state index contributed by atoms with van der Waals surface area (Å²) < 4.78 is 26.7. The zero-order valence-electron chi connectivity index (χ0n) is 10.3. The third-order valence-corrected chi connectivity index (χ3v) is 4.17.